The lowest BCUT2D eigenvalue weighted by Gasteiger charge is -2.10. The first-order valence-corrected chi connectivity index (χ1v) is 10.9. The second-order valence-corrected chi connectivity index (χ2v) is 8.03. The molecular weight excluding hydrogens is 473 g/mol. The molecule has 0 spiro atoms. The molecule has 4 aromatic rings. The number of carbonyl (C=O) groups excluding carboxylic acids is 2. The Bertz CT molecular complexity index is 1370. The Hall–Kier alpha value is -3.91. The van der Waals surface area contributed by atoms with Crippen molar-refractivity contribution in [1.82, 2.24) is 20.5 Å². The SMILES string of the molecule is NNC(=O)/C(=C\c1cn(-c2ccccc2)nc1-c1ccccc1)NC(=O)c1ccc(Cl)cc1Cl. The van der Waals surface area contributed by atoms with Gasteiger partial charge >= 0.3 is 0 Å². The van der Waals surface area contributed by atoms with Gasteiger partial charge < -0.3 is 5.32 Å². The number of nitrogens with zero attached hydrogens (tertiary/aromatic N) is 2. The van der Waals surface area contributed by atoms with Crippen molar-refractivity contribution in [2.24, 2.45) is 5.84 Å². The Morgan fingerprint density at radius 1 is 0.941 bits per heavy atom. The molecule has 170 valence electrons. The molecule has 3 aromatic carbocycles. The number of hydrogen-bond donors (Lipinski definition) is 3. The predicted molar refractivity (Wildman–Crippen MR) is 133 cm³/mol. The molecule has 34 heavy (non-hydrogen) atoms. The summed E-state index contributed by atoms with van der Waals surface area (Å²) in [6, 6.07) is 23.5. The Kier molecular flexibility index (Phi) is 7.08. The van der Waals surface area contributed by atoms with Crippen LogP contribution in [0.3, 0.4) is 0 Å². The molecular formula is C25H19Cl2N5O2. The van der Waals surface area contributed by atoms with Gasteiger partial charge in [-0.1, -0.05) is 71.7 Å². The fourth-order valence-corrected chi connectivity index (χ4v) is 3.78. The minimum absolute atomic E-state index is 0.0803. The Morgan fingerprint density at radius 2 is 1.62 bits per heavy atom. The number of benzene rings is 3. The van der Waals surface area contributed by atoms with Gasteiger partial charge in [0.25, 0.3) is 11.8 Å². The summed E-state index contributed by atoms with van der Waals surface area (Å²) in [6.07, 6.45) is 3.28. The van der Waals surface area contributed by atoms with Gasteiger partial charge in [0.1, 0.15) is 11.4 Å². The van der Waals surface area contributed by atoms with Crippen molar-refractivity contribution < 1.29 is 9.59 Å². The number of hydrogen-bond acceptors (Lipinski definition) is 4. The third-order valence-corrected chi connectivity index (χ3v) is 5.46. The first-order chi connectivity index (χ1) is 16.5. The van der Waals surface area contributed by atoms with E-state index in [9.17, 15) is 9.59 Å². The van der Waals surface area contributed by atoms with E-state index in [1.165, 1.54) is 24.3 Å². The second-order valence-electron chi connectivity index (χ2n) is 7.19. The van der Waals surface area contributed by atoms with Gasteiger partial charge in [-0.15, -0.1) is 0 Å². The molecule has 0 saturated heterocycles. The van der Waals surface area contributed by atoms with Crippen molar-refractivity contribution in [3.8, 4) is 16.9 Å². The number of amides is 2. The summed E-state index contributed by atoms with van der Waals surface area (Å²) < 4.78 is 1.70. The summed E-state index contributed by atoms with van der Waals surface area (Å²) in [5.74, 6) is 4.10. The minimum atomic E-state index is -0.690. The quantitative estimate of drug-likeness (QED) is 0.158. The molecule has 0 fully saturated rings. The van der Waals surface area contributed by atoms with Gasteiger partial charge in [0.15, 0.2) is 0 Å². The van der Waals surface area contributed by atoms with Crippen LogP contribution >= 0.6 is 23.2 Å². The first-order valence-electron chi connectivity index (χ1n) is 10.2. The van der Waals surface area contributed by atoms with E-state index in [1.807, 2.05) is 60.7 Å². The van der Waals surface area contributed by atoms with Gasteiger partial charge in [-0.25, -0.2) is 10.5 Å². The number of rotatable bonds is 6. The van der Waals surface area contributed by atoms with Crippen molar-refractivity contribution in [2.45, 2.75) is 0 Å². The molecule has 9 heteroatoms. The molecule has 0 radical (unpaired) electrons. The highest BCUT2D eigenvalue weighted by Gasteiger charge is 2.19. The number of aromatic nitrogens is 2. The maximum Gasteiger partial charge on any atom is 0.281 e. The zero-order valence-corrected chi connectivity index (χ0v) is 19.2. The minimum Gasteiger partial charge on any atom is -0.317 e. The largest absolute Gasteiger partial charge is 0.317 e. The van der Waals surface area contributed by atoms with E-state index in [1.54, 1.807) is 10.9 Å². The summed E-state index contributed by atoms with van der Waals surface area (Å²) >= 11 is 12.1. The maximum atomic E-state index is 12.9. The van der Waals surface area contributed by atoms with Gasteiger partial charge in [0.05, 0.1) is 16.3 Å². The van der Waals surface area contributed by atoms with E-state index in [4.69, 9.17) is 34.1 Å². The summed E-state index contributed by atoms with van der Waals surface area (Å²) in [6.45, 7) is 0. The monoisotopic (exact) mass is 491 g/mol. The number of nitrogens with one attached hydrogen (secondary N) is 2. The van der Waals surface area contributed by atoms with Crippen molar-refractivity contribution in [3.63, 3.8) is 0 Å². The van der Waals surface area contributed by atoms with Crippen molar-refractivity contribution in [3.05, 3.63) is 112 Å². The lowest BCUT2D eigenvalue weighted by molar-refractivity contribution is -0.117. The molecule has 1 heterocycles. The van der Waals surface area contributed by atoms with Crippen LogP contribution in [0.2, 0.25) is 10.0 Å². The van der Waals surface area contributed by atoms with E-state index >= 15 is 0 Å². The fraction of sp³-hybridized carbons (Fsp3) is 0. The van der Waals surface area contributed by atoms with E-state index in [0.29, 0.717) is 16.3 Å². The van der Waals surface area contributed by atoms with Crippen LogP contribution in [0.5, 0.6) is 0 Å². The molecule has 4 N–H and O–H groups in total. The molecule has 0 bridgehead atoms. The average molecular weight is 492 g/mol. The van der Waals surface area contributed by atoms with Crippen molar-refractivity contribution in [2.75, 3.05) is 0 Å². The zero-order chi connectivity index (χ0) is 24.1. The molecule has 7 nitrogen and oxygen atoms in total. The van der Waals surface area contributed by atoms with Crippen molar-refractivity contribution >= 4 is 41.1 Å². The van der Waals surface area contributed by atoms with Crippen LogP contribution in [-0.4, -0.2) is 21.6 Å². The van der Waals surface area contributed by atoms with Gasteiger partial charge in [-0.2, -0.15) is 5.10 Å². The first kappa shape index (κ1) is 23.3. The Labute approximate surface area is 205 Å². The van der Waals surface area contributed by atoms with Crippen LogP contribution in [0.1, 0.15) is 15.9 Å². The number of nitrogens with two attached hydrogens (primary N) is 1. The van der Waals surface area contributed by atoms with Crippen LogP contribution in [0.15, 0.2) is 90.8 Å². The van der Waals surface area contributed by atoms with Crippen LogP contribution in [0, 0.1) is 0 Å². The third-order valence-electron chi connectivity index (χ3n) is 4.91. The highest BCUT2D eigenvalue weighted by atomic mass is 35.5. The van der Waals surface area contributed by atoms with E-state index in [2.05, 4.69) is 10.7 Å². The molecule has 0 aliphatic carbocycles. The average Bonchev–Trinajstić information content (AvgIpc) is 3.28. The lowest BCUT2D eigenvalue weighted by Crippen LogP contribution is -2.38. The number of halogens is 2. The third kappa shape index (κ3) is 5.18. The van der Waals surface area contributed by atoms with Crippen LogP contribution in [-0.2, 0) is 4.79 Å². The fourth-order valence-electron chi connectivity index (χ4n) is 3.28. The lowest BCUT2D eigenvalue weighted by atomic mass is 10.1. The molecule has 0 saturated carbocycles. The van der Waals surface area contributed by atoms with Crippen LogP contribution in [0.25, 0.3) is 23.0 Å². The molecule has 2 amide bonds. The van der Waals surface area contributed by atoms with E-state index < -0.39 is 11.8 Å². The molecule has 0 atom stereocenters. The summed E-state index contributed by atoms with van der Waals surface area (Å²) in [5, 5.41) is 7.84. The van der Waals surface area contributed by atoms with E-state index in [0.717, 1.165) is 11.3 Å². The number of carbonyl (C=O) groups is 2. The number of hydrazine groups is 1. The Morgan fingerprint density at radius 3 is 2.26 bits per heavy atom. The number of para-hydroxylation sites is 1. The smallest absolute Gasteiger partial charge is 0.281 e. The maximum absolute atomic E-state index is 12.9. The summed E-state index contributed by atoms with van der Waals surface area (Å²) in [4.78, 5) is 25.4. The molecule has 0 aliphatic heterocycles. The summed E-state index contributed by atoms with van der Waals surface area (Å²) in [5.41, 5.74) is 5.02. The van der Waals surface area contributed by atoms with Crippen molar-refractivity contribution in [1.29, 1.82) is 0 Å². The standard InChI is InChI=1S/C25H19Cl2N5O2/c26-18-11-12-20(21(27)14-18)24(33)29-22(25(34)30-28)13-17-15-32(19-9-5-2-6-10-19)31-23(17)16-7-3-1-4-8-16/h1-15H,28H2,(H,29,33)(H,30,34)/b22-13+. The molecule has 4 rings (SSSR count). The predicted octanol–water partition coefficient (Wildman–Crippen LogP) is 4.61. The highest BCUT2D eigenvalue weighted by molar-refractivity contribution is 6.36. The topological polar surface area (TPSA) is 102 Å². The summed E-state index contributed by atoms with van der Waals surface area (Å²) in [7, 11) is 0. The van der Waals surface area contributed by atoms with Gasteiger partial charge in [0.2, 0.25) is 0 Å². The second kappa shape index (κ2) is 10.4. The molecule has 0 unspecified atom stereocenters. The van der Waals surface area contributed by atoms with Gasteiger partial charge in [0, 0.05) is 22.3 Å². The van der Waals surface area contributed by atoms with E-state index in [-0.39, 0.29) is 16.3 Å². The van der Waals surface area contributed by atoms with Gasteiger partial charge in [-0.3, -0.25) is 15.0 Å². The molecule has 1 aromatic heterocycles. The normalized spacial score (nSPS) is 11.2. The van der Waals surface area contributed by atoms with Gasteiger partial charge in [-0.05, 0) is 36.4 Å². The highest BCUT2D eigenvalue weighted by Crippen LogP contribution is 2.26. The van der Waals surface area contributed by atoms with Crippen LogP contribution in [0.4, 0.5) is 0 Å². The van der Waals surface area contributed by atoms with Crippen LogP contribution < -0.4 is 16.6 Å². The molecule has 0 aliphatic rings. The zero-order valence-electron chi connectivity index (χ0n) is 17.7. The Balaban J connectivity index is 1.78.